The van der Waals surface area contributed by atoms with Gasteiger partial charge in [-0.1, -0.05) is 26.2 Å². The van der Waals surface area contributed by atoms with Crippen molar-refractivity contribution in [2.24, 2.45) is 0 Å². The van der Waals surface area contributed by atoms with E-state index in [1.807, 2.05) is 11.3 Å². The Morgan fingerprint density at radius 2 is 2.11 bits per heavy atom. The fourth-order valence-corrected chi connectivity index (χ4v) is 3.87. The Labute approximate surface area is 120 Å². The molecule has 0 saturated heterocycles. The zero-order valence-corrected chi connectivity index (χ0v) is 12.8. The van der Waals surface area contributed by atoms with Crippen LogP contribution < -0.4 is 0 Å². The summed E-state index contributed by atoms with van der Waals surface area (Å²) in [5.41, 5.74) is 1.19. The Bertz CT molecular complexity index is 355. The molecule has 1 aliphatic rings. The second-order valence-corrected chi connectivity index (χ2v) is 6.40. The molecule has 19 heavy (non-hydrogen) atoms. The maximum Gasteiger partial charge on any atom is 0.0959 e. The lowest BCUT2D eigenvalue weighted by Crippen LogP contribution is -2.27. The van der Waals surface area contributed by atoms with Crippen molar-refractivity contribution in [1.29, 1.82) is 0 Å². The molecular weight excluding hydrogens is 256 g/mol. The van der Waals surface area contributed by atoms with Gasteiger partial charge < -0.3 is 5.11 Å². The minimum Gasteiger partial charge on any atom is -0.395 e. The lowest BCUT2D eigenvalue weighted by atomic mass is 9.90. The summed E-state index contributed by atoms with van der Waals surface area (Å²) >= 11 is 1.83. The first-order chi connectivity index (χ1) is 9.33. The molecule has 1 heterocycles. The van der Waals surface area contributed by atoms with Gasteiger partial charge in [0.15, 0.2) is 0 Å². The molecule has 0 spiro atoms. The normalized spacial score (nSPS) is 17.2. The van der Waals surface area contributed by atoms with Gasteiger partial charge in [-0.25, -0.2) is 4.98 Å². The number of nitrogens with zero attached hydrogens (tertiary/aromatic N) is 2. The summed E-state index contributed by atoms with van der Waals surface area (Å²) in [6.45, 7) is 5.09. The minimum absolute atomic E-state index is 0.236. The van der Waals surface area contributed by atoms with E-state index in [0.717, 1.165) is 26.1 Å². The van der Waals surface area contributed by atoms with Crippen LogP contribution in [0.3, 0.4) is 0 Å². The molecule has 1 fully saturated rings. The number of aliphatic hydroxyl groups excluding tert-OH is 1. The summed E-state index contributed by atoms with van der Waals surface area (Å²) in [4.78, 5) is 7.12. The van der Waals surface area contributed by atoms with E-state index in [9.17, 15) is 0 Å². The molecule has 4 heteroatoms. The van der Waals surface area contributed by atoms with Crippen LogP contribution in [0.2, 0.25) is 0 Å². The number of thiazole rings is 1. The van der Waals surface area contributed by atoms with Gasteiger partial charge in [-0.3, -0.25) is 4.90 Å². The second kappa shape index (κ2) is 7.98. The smallest absolute Gasteiger partial charge is 0.0959 e. The zero-order chi connectivity index (χ0) is 13.5. The highest BCUT2D eigenvalue weighted by Crippen LogP contribution is 2.34. The molecule has 3 nitrogen and oxygen atoms in total. The molecule has 1 saturated carbocycles. The van der Waals surface area contributed by atoms with Gasteiger partial charge in [0.25, 0.3) is 0 Å². The van der Waals surface area contributed by atoms with Gasteiger partial charge in [0, 0.05) is 24.4 Å². The second-order valence-electron chi connectivity index (χ2n) is 5.51. The van der Waals surface area contributed by atoms with Gasteiger partial charge in [0.05, 0.1) is 17.3 Å². The van der Waals surface area contributed by atoms with E-state index < -0.39 is 0 Å². The standard InChI is InChI=1S/C15H26N2OS/c1-2-8-17(9-10-18)11-14-12-19-15(16-14)13-6-4-3-5-7-13/h12-13,18H,2-11H2,1H3. The predicted octanol–water partition coefficient (Wildman–Crippen LogP) is 3.40. The molecule has 1 aliphatic carbocycles. The predicted molar refractivity (Wildman–Crippen MR) is 80.6 cm³/mol. The van der Waals surface area contributed by atoms with Crippen LogP contribution in [0, 0.1) is 0 Å². The molecule has 0 bridgehead atoms. The largest absolute Gasteiger partial charge is 0.395 e. The fraction of sp³-hybridized carbons (Fsp3) is 0.800. The van der Waals surface area contributed by atoms with Gasteiger partial charge in [-0.05, 0) is 25.8 Å². The van der Waals surface area contributed by atoms with Gasteiger partial charge in [0.2, 0.25) is 0 Å². The molecule has 1 N–H and O–H groups in total. The van der Waals surface area contributed by atoms with Crippen molar-refractivity contribution in [3.8, 4) is 0 Å². The maximum atomic E-state index is 9.09. The van der Waals surface area contributed by atoms with Crippen LogP contribution in [-0.2, 0) is 6.54 Å². The Morgan fingerprint density at radius 1 is 1.32 bits per heavy atom. The molecule has 0 amide bonds. The molecule has 0 atom stereocenters. The molecule has 0 unspecified atom stereocenters. The summed E-state index contributed by atoms with van der Waals surface area (Å²) in [7, 11) is 0. The summed E-state index contributed by atoms with van der Waals surface area (Å²) < 4.78 is 0. The third-order valence-corrected chi connectivity index (χ3v) is 4.92. The Kier molecular flexibility index (Phi) is 6.28. The lowest BCUT2D eigenvalue weighted by Gasteiger charge is -2.20. The summed E-state index contributed by atoms with van der Waals surface area (Å²) in [6, 6.07) is 0. The first kappa shape index (κ1) is 14.9. The topological polar surface area (TPSA) is 36.4 Å². The molecule has 0 aromatic carbocycles. The average Bonchev–Trinajstić information content (AvgIpc) is 2.89. The van der Waals surface area contributed by atoms with E-state index >= 15 is 0 Å². The third kappa shape index (κ3) is 4.55. The van der Waals surface area contributed by atoms with Crippen LogP contribution in [0.5, 0.6) is 0 Å². The van der Waals surface area contributed by atoms with Crippen molar-refractivity contribution < 1.29 is 5.11 Å². The Balaban J connectivity index is 1.91. The van der Waals surface area contributed by atoms with Crippen LogP contribution in [0.15, 0.2) is 5.38 Å². The van der Waals surface area contributed by atoms with Gasteiger partial charge in [-0.15, -0.1) is 11.3 Å². The molecule has 1 aromatic rings. The van der Waals surface area contributed by atoms with Crippen molar-refractivity contribution in [1.82, 2.24) is 9.88 Å². The average molecular weight is 282 g/mol. The number of aromatic nitrogens is 1. The highest BCUT2D eigenvalue weighted by atomic mass is 32.1. The fourth-order valence-electron chi connectivity index (χ4n) is 2.89. The quantitative estimate of drug-likeness (QED) is 0.832. The number of hydrogen-bond donors (Lipinski definition) is 1. The van der Waals surface area contributed by atoms with E-state index in [0.29, 0.717) is 5.92 Å². The van der Waals surface area contributed by atoms with Crippen LogP contribution in [0.1, 0.15) is 62.1 Å². The minimum atomic E-state index is 0.236. The molecular formula is C15H26N2OS. The first-order valence-electron chi connectivity index (χ1n) is 7.61. The van der Waals surface area contributed by atoms with Crippen LogP contribution in [0.4, 0.5) is 0 Å². The van der Waals surface area contributed by atoms with Crippen molar-refractivity contribution >= 4 is 11.3 Å². The van der Waals surface area contributed by atoms with Crippen molar-refractivity contribution in [2.45, 2.75) is 57.9 Å². The molecule has 0 aliphatic heterocycles. The van der Waals surface area contributed by atoms with E-state index in [4.69, 9.17) is 10.1 Å². The highest BCUT2D eigenvalue weighted by molar-refractivity contribution is 7.09. The summed E-state index contributed by atoms with van der Waals surface area (Å²) in [5, 5.41) is 12.6. The van der Waals surface area contributed by atoms with E-state index in [-0.39, 0.29) is 6.61 Å². The molecule has 0 radical (unpaired) electrons. The molecule has 108 valence electrons. The van der Waals surface area contributed by atoms with Crippen molar-refractivity contribution in [3.05, 3.63) is 16.1 Å². The van der Waals surface area contributed by atoms with E-state index in [2.05, 4.69) is 17.2 Å². The lowest BCUT2D eigenvalue weighted by molar-refractivity contribution is 0.189. The van der Waals surface area contributed by atoms with Crippen molar-refractivity contribution in [3.63, 3.8) is 0 Å². The van der Waals surface area contributed by atoms with Crippen LogP contribution in [-0.4, -0.2) is 34.7 Å². The molecule has 2 rings (SSSR count). The maximum absolute atomic E-state index is 9.09. The van der Waals surface area contributed by atoms with Gasteiger partial charge >= 0.3 is 0 Å². The van der Waals surface area contributed by atoms with E-state index in [1.165, 1.54) is 42.8 Å². The summed E-state index contributed by atoms with van der Waals surface area (Å²) in [6.07, 6.45) is 7.90. The number of hydrogen-bond acceptors (Lipinski definition) is 4. The van der Waals surface area contributed by atoms with E-state index in [1.54, 1.807) is 0 Å². The van der Waals surface area contributed by atoms with Crippen LogP contribution >= 0.6 is 11.3 Å². The summed E-state index contributed by atoms with van der Waals surface area (Å²) in [5.74, 6) is 0.713. The zero-order valence-electron chi connectivity index (χ0n) is 12.0. The Hall–Kier alpha value is -0.450. The van der Waals surface area contributed by atoms with Crippen LogP contribution in [0.25, 0.3) is 0 Å². The SMILES string of the molecule is CCCN(CCO)Cc1csc(C2CCCCC2)n1. The first-order valence-corrected chi connectivity index (χ1v) is 8.49. The monoisotopic (exact) mass is 282 g/mol. The number of rotatable bonds is 7. The third-order valence-electron chi connectivity index (χ3n) is 3.87. The highest BCUT2D eigenvalue weighted by Gasteiger charge is 2.19. The van der Waals surface area contributed by atoms with Gasteiger partial charge in [0.1, 0.15) is 0 Å². The Morgan fingerprint density at radius 3 is 2.79 bits per heavy atom. The van der Waals surface area contributed by atoms with Gasteiger partial charge in [-0.2, -0.15) is 0 Å². The van der Waals surface area contributed by atoms with Crippen molar-refractivity contribution in [2.75, 3.05) is 19.7 Å². The molecule has 1 aromatic heterocycles. The number of aliphatic hydroxyl groups is 1.